The molecular formula is C14H11ClN4O3. The molecule has 1 N–H and O–H groups in total. The van der Waals surface area contributed by atoms with Crippen molar-refractivity contribution in [1.29, 1.82) is 0 Å². The molecule has 3 amide bonds. The summed E-state index contributed by atoms with van der Waals surface area (Å²) >= 11 is 5.79. The van der Waals surface area contributed by atoms with Crippen LogP contribution in [0.1, 0.15) is 6.42 Å². The summed E-state index contributed by atoms with van der Waals surface area (Å²) in [4.78, 5) is 32.3. The van der Waals surface area contributed by atoms with Gasteiger partial charge in [0.05, 0.1) is 18.1 Å². The van der Waals surface area contributed by atoms with E-state index >= 15 is 0 Å². The Bertz CT molecular complexity index is 703. The number of urea groups is 1. The number of rotatable bonds is 3. The van der Waals surface area contributed by atoms with E-state index in [4.69, 9.17) is 16.3 Å². The van der Waals surface area contributed by atoms with E-state index in [-0.39, 0.29) is 18.3 Å². The Morgan fingerprint density at radius 2 is 1.82 bits per heavy atom. The van der Waals surface area contributed by atoms with Crippen LogP contribution in [0.15, 0.2) is 36.7 Å². The maximum absolute atomic E-state index is 11.7. The predicted octanol–water partition coefficient (Wildman–Crippen LogP) is 2.37. The lowest BCUT2D eigenvalue weighted by atomic mass is 10.3. The summed E-state index contributed by atoms with van der Waals surface area (Å²) in [6.45, 7) is 0.297. The van der Waals surface area contributed by atoms with Crippen LogP contribution >= 0.6 is 11.6 Å². The minimum atomic E-state index is -0.480. The number of carbonyl (C=O) groups is 2. The minimum absolute atomic E-state index is 0.152. The summed E-state index contributed by atoms with van der Waals surface area (Å²) in [5.74, 6) is 0.267. The first-order valence-electron chi connectivity index (χ1n) is 6.48. The molecule has 3 rings (SSSR count). The molecule has 1 saturated heterocycles. The van der Waals surface area contributed by atoms with Gasteiger partial charge >= 0.3 is 12.0 Å². The van der Waals surface area contributed by atoms with Gasteiger partial charge in [-0.15, -0.1) is 0 Å². The molecule has 0 unspecified atom stereocenters. The maximum atomic E-state index is 11.7. The smallest absolute Gasteiger partial charge is 0.328 e. The highest BCUT2D eigenvalue weighted by molar-refractivity contribution is 6.30. The molecule has 22 heavy (non-hydrogen) atoms. The summed E-state index contributed by atoms with van der Waals surface area (Å²) in [5, 5.41) is 2.84. The molecule has 112 valence electrons. The molecular weight excluding hydrogens is 308 g/mol. The second-order valence-corrected chi connectivity index (χ2v) is 4.97. The van der Waals surface area contributed by atoms with Gasteiger partial charge in [-0.3, -0.25) is 15.0 Å². The first-order chi connectivity index (χ1) is 10.6. The first kappa shape index (κ1) is 14.3. The van der Waals surface area contributed by atoms with Crippen molar-refractivity contribution in [2.45, 2.75) is 6.42 Å². The van der Waals surface area contributed by atoms with E-state index in [1.54, 1.807) is 24.3 Å². The van der Waals surface area contributed by atoms with E-state index in [0.29, 0.717) is 23.0 Å². The van der Waals surface area contributed by atoms with Crippen LogP contribution in [0, 0.1) is 0 Å². The van der Waals surface area contributed by atoms with Crippen LogP contribution in [0.2, 0.25) is 5.02 Å². The molecule has 0 radical (unpaired) electrons. The van der Waals surface area contributed by atoms with E-state index in [1.807, 2.05) is 0 Å². The van der Waals surface area contributed by atoms with Gasteiger partial charge in [0.2, 0.25) is 5.91 Å². The third kappa shape index (κ3) is 3.15. The number of carbonyl (C=O) groups excluding carboxylic acids is 2. The normalized spacial score (nSPS) is 14.7. The molecule has 1 aromatic heterocycles. The topological polar surface area (TPSA) is 84.4 Å². The molecule has 8 heteroatoms. The summed E-state index contributed by atoms with van der Waals surface area (Å²) in [7, 11) is 0. The monoisotopic (exact) mass is 318 g/mol. The van der Waals surface area contributed by atoms with Gasteiger partial charge in [-0.25, -0.2) is 14.8 Å². The van der Waals surface area contributed by atoms with Crippen LogP contribution in [0.5, 0.6) is 11.8 Å². The van der Waals surface area contributed by atoms with E-state index in [9.17, 15) is 9.59 Å². The molecule has 0 atom stereocenters. The Kier molecular flexibility index (Phi) is 3.88. The number of hydrogen-bond acceptors (Lipinski definition) is 5. The number of hydrogen-bond donors (Lipinski definition) is 1. The summed E-state index contributed by atoms with van der Waals surface area (Å²) in [6.07, 6.45) is 3.18. The Hall–Kier alpha value is -2.67. The van der Waals surface area contributed by atoms with E-state index in [1.165, 1.54) is 17.3 Å². The van der Waals surface area contributed by atoms with E-state index < -0.39 is 6.03 Å². The summed E-state index contributed by atoms with van der Waals surface area (Å²) in [5.41, 5.74) is 0.494. The minimum Gasteiger partial charge on any atom is -0.424 e. The third-order valence-corrected chi connectivity index (χ3v) is 3.25. The Morgan fingerprint density at radius 3 is 2.45 bits per heavy atom. The van der Waals surface area contributed by atoms with Crippen molar-refractivity contribution in [2.24, 2.45) is 0 Å². The van der Waals surface area contributed by atoms with Crippen LogP contribution in [-0.2, 0) is 4.79 Å². The number of ether oxygens (including phenoxy) is 1. The Balaban J connectivity index is 1.71. The van der Waals surface area contributed by atoms with Crippen molar-refractivity contribution < 1.29 is 14.3 Å². The number of imide groups is 1. The van der Waals surface area contributed by atoms with Crippen LogP contribution in [-0.4, -0.2) is 28.5 Å². The number of nitrogens with one attached hydrogen (secondary N) is 1. The summed E-state index contributed by atoms with van der Waals surface area (Å²) in [6, 6.07) is 6.46. The number of aromatic nitrogens is 2. The lowest BCUT2D eigenvalue weighted by Gasteiger charge is -2.25. The molecule has 1 fully saturated rings. The van der Waals surface area contributed by atoms with Crippen LogP contribution in [0.25, 0.3) is 0 Å². The fourth-order valence-corrected chi connectivity index (χ4v) is 2.05. The van der Waals surface area contributed by atoms with Gasteiger partial charge in [-0.05, 0) is 24.3 Å². The zero-order valence-electron chi connectivity index (χ0n) is 11.3. The van der Waals surface area contributed by atoms with Gasteiger partial charge in [-0.1, -0.05) is 11.6 Å². The van der Waals surface area contributed by atoms with Crippen molar-refractivity contribution >= 4 is 29.2 Å². The number of nitrogens with zero attached hydrogens (tertiary/aromatic N) is 3. The molecule has 0 bridgehead atoms. The SMILES string of the molecule is O=C1CCN(c2cnc(Oc3ccc(Cl)cc3)nc2)C(=O)N1. The molecule has 1 aliphatic heterocycles. The van der Waals surface area contributed by atoms with Gasteiger partial charge in [0.1, 0.15) is 5.75 Å². The van der Waals surface area contributed by atoms with Gasteiger partial charge < -0.3 is 4.74 Å². The largest absolute Gasteiger partial charge is 0.424 e. The molecule has 2 aromatic rings. The predicted molar refractivity (Wildman–Crippen MR) is 79.1 cm³/mol. The van der Waals surface area contributed by atoms with Crippen LogP contribution in [0.3, 0.4) is 0 Å². The molecule has 7 nitrogen and oxygen atoms in total. The van der Waals surface area contributed by atoms with Crippen molar-refractivity contribution in [1.82, 2.24) is 15.3 Å². The fraction of sp³-hybridized carbons (Fsp3) is 0.143. The van der Waals surface area contributed by atoms with E-state index in [2.05, 4.69) is 15.3 Å². The van der Waals surface area contributed by atoms with Crippen LogP contribution in [0.4, 0.5) is 10.5 Å². The summed E-state index contributed by atoms with van der Waals surface area (Å²) < 4.78 is 5.47. The second-order valence-electron chi connectivity index (χ2n) is 4.53. The number of amides is 3. The second kappa shape index (κ2) is 5.98. The van der Waals surface area contributed by atoms with Crippen LogP contribution < -0.4 is 15.0 Å². The molecule has 0 aliphatic carbocycles. The van der Waals surface area contributed by atoms with Gasteiger partial charge in [-0.2, -0.15) is 0 Å². The molecule has 0 spiro atoms. The average molecular weight is 319 g/mol. The van der Waals surface area contributed by atoms with Crippen molar-refractivity contribution in [3.8, 4) is 11.8 Å². The average Bonchev–Trinajstić information content (AvgIpc) is 2.51. The van der Waals surface area contributed by atoms with Gasteiger partial charge in [0.25, 0.3) is 0 Å². The van der Waals surface area contributed by atoms with Gasteiger partial charge in [0, 0.05) is 18.0 Å². The van der Waals surface area contributed by atoms with Crippen molar-refractivity contribution in [2.75, 3.05) is 11.4 Å². The first-order valence-corrected chi connectivity index (χ1v) is 6.86. The zero-order chi connectivity index (χ0) is 15.5. The highest BCUT2D eigenvalue weighted by atomic mass is 35.5. The van der Waals surface area contributed by atoms with Gasteiger partial charge in [0.15, 0.2) is 0 Å². The van der Waals surface area contributed by atoms with Crippen molar-refractivity contribution in [3.63, 3.8) is 0 Å². The lowest BCUT2D eigenvalue weighted by molar-refractivity contribution is -0.120. The van der Waals surface area contributed by atoms with Crippen molar-refractivity contribution in [3.05, 3.63) is 41.7 Å². The highest BCUT2D eigenvalue weighted by Gasteiger charge is 2.24. The number of anilines is 1. The fourth-order valence-electron chi connectivity index (χ4n) is 1.92. The van der Waals surface area contributed by atoms with E-state index in [0.717, 1.165) is 0 Å². The third-order valence-electron chi connectivity index (χ3n) is 3.00. The zero-order valence-corrected chi connectivity index (χ0v) is 12.1. The molecule has 0 saturated carbocycles. The lowest BCUT2D eigenvalue weighted by Crippen LogP contribution is -2.49. The maximum Gasteiger partial charge on any atom is 0.328 e. The standard InChI is InChI=1S/C14H11ClN4O3/c15-9-1-3-11(4-2-9)22-13-16-7-10(8-17-13)19-6-5-12(20)18-14(19)21/h1-4,7-8H,5-6H2,(H,18,20,21). The highest BCUT2D eigenvalue weighted by Crippen LogP contribution is 2.22. The molecule has 1 aliphatic rings. The molecule has 1 aromatic carbocycles. The Morgan fingerprint density at radius 1 is 1.14 bits per heavy atom. The molecule has 2 heterocycles. The quantitative estimate of drug-likeness (QED) is 0.939. The number of benzene rings is 1. The number of halogens is 1. The Labute approximate surface area is 130 Å².